The number of ether oxygens (including phenoxy) is 1. The van der Waals surface area contributed by atoms with Crippen molar-refractivity contribution in [1.29, 1.82) is 0 Å². The Morgan fingerprint density at radius 2 is 2.15 bits per heavy atom. The van der Waals surface area contributed by atoms with Gasteiger partial charge in [-0.15, -0.1) is 0 Å². The smallest absolute Gasteiger partial charge is 0.357 e. The number of anilines is 2. The highest BCUT2D eigenvalue weighted by Crippen LogP contribution is 2.41. The molecule has 2 aliphatic heterocycles. The van der Waals surface area contributed by atoms with Gasteiger partial charge in [-0.05, 0) is 73.7 Å². The van der Waals surface area contributed by atoms with E-state index in [0.29, 0.717) is 35.7 Å². The number of alkyl halides is 2. The van der Waals surface area contributed by atoms with Crippen molar-refractivity contribution in [3.05, 3.63) is 65.0 Å². The number of esters is 1. The minimum Gasteiger partial charge on any atom is -0.461 e. The van der Waals surface area contributed by atoms with E-state index < -0.39 is 12.4 Å². The molecule has 0 saturated carbocycles. The summed E-state index contributed by atoms with van der Waals surface area (Å²) in [5.41, 5.74) is 4.11. The summed E-state index contributed by atoms with van der Waals surface area (Å²) in [6, 6.07) is 8.83. The van der Waals surface area contributed by atoms with E-state index in [1.807, 2.05) is 23.1 Å². The highest BCUT2D eigenvalue weighted by molar-refractivity contribution is 5.98. The molecule has 0 unspecified atom stereocenters. The monoisotopic (exact) mass is 464 g/mol. The van der Waals surface area contributed by atoms with Crippen LogP contribution in [-0.2, 0) is 11.2 Å². The zero-order valence-electron chi connectivity index (χ0n) is 19.0. The van der Waals surface area contributed by atoms with E-state index in [9.17, 15) is 13.6 Å². The number of aromatic nitrogens is 2. The number of fused-ring (bicyclic) bond motifs is 2. The Balaban J connectivity index is 1.67. The molecular weight excluding hydrogens is 438 g/mol. The molecule has 0 fully saturated rings. The van der Waals surface area contributed by atoms with Gasteiger partial charge in [0.25, 0.3) is 6.43 Å². The van der Waals surface area contributed by atoms with Crippen molar-refractivity contribution < 1.29 is 18.3 Å². The van der Waals surface area contributed by atoms with Gasteiger partial charge >= 0.3 is 5.97 Å². The molecule has 3 aromatic rings. The first-order valence-electron chi connectivity index (χ1n) is 11.6. The third-order valence-corrected chi connectivity index (χ3v) is 6.32. The van der Waals surface area contributed by atoms with Crippen LogP contribution < -0.4 is 10.2 Å². The van der Waals surface area contributed by atoms with E-state index in [0.717, 1.165) is 42.3 Å². The standard InChI is InChI=1S/C26H26F2N4O2/c1-2-34-26(33)21-14-18-5-3-9-30-23(18)25(31-21)32-12-4-6-17-13-19(16-7-10-29-11-8-16)20(24(27)28)15-22(17)32/h3,5,7,9,13-15,24,29H,2,4,6,8,10-12H2,1H3. The molecule has 1 N–H and O–H groups in total. The molecule has 0 saturated heterocycles. The normalized spacial score (nSPS) is 15.9. The number of aryl methyl sites for hydroxylation is 1. The first kappa shape index (κ1) is 22.4. The number of hydrogen-bond donors (Lipinski definition) is 1. The van der Waals surface area contributed by atoms with E-state index in [-0.39, 0.29) is 17.9 Å². The number of halogens is 2. The molecule has 176 valence electrons. The largest absolute Gasteiger partial charge is 0.461 e. The number of carbonyl (C=O) groups excluding carboxylic acids is 1. The van der Waals surface area contributed by atoms with Gasteiger partial charge in [0, 0.05) is 35.9 Å². The van der Waals surface area contributed by atoms with Crippen molar-refractivity contribution in [1.82, 2.24) is 15.3 Å². The van der Waals surface area contributed by atoms with E-state index in [1.54, 1.807) is 31.3 Å². The fourth-order valence-corrected chi connectivity index (χ4v) is 4.76. The molecule has 0 bridgehead atoms. The highest BCUT2D eigenvalue weighted by atomic mass is 19.3. The third kappa shape index (κ3) is 4.14. The number of benzene rings is 1. The van der Waals surface area contributed by atoms with Crippen LogP contribution in [-0.4, -0.2) is 42.2 Å². The molecule has 8 heteroatoms. The second-order valence-corrected chi connectivity index (χ2v) is 8.43. The Labute approximate surface area is 196 Å². The van der Waals surface area contributed by atoms with Gasteiger partial charge in [-0.1, -0.05) is 12.1 Å². The summed E-state index contributed by atoms with van der Waals surface area (Å²) in [5.74, 6) is -0.0376. The Bertz CT molecular complexity index is 1280. The fourth-order valence-electron chi connectivity index (χ4n) is 4.76. The predicted octanol–water partition coefficient (Wildman–Crippen LogP) is 5.21. The van der Waals surface area contributed by atoms with Crippen LogP contribution in [0.5, 0.6) is 0 Å². The zero-order valence-corrected chi connectivity index (χ0v) is 19.0. The lowest BCUT2D eigenvalue weighted by Crippen LogP contribution is -2.27. The summed E-state index contributed by atoms with van der Waals surface area (Å²) in [6.45, 7) is 4.03. The lowest BCUT2D eigenvalue weighted by Gasteiger charge is -2.32. The topological polar surface area (TPSA) is 67.3 Å². The molecule has 0 spiro atoms. The molecule has 0 atom stereocenters. The van der Waals surface area contributed by atoms with E-state index >= 15 is 0 Å². The van der Waals surface area contributed by atoms with Gasteiger partial charge < -0.3 is 15.0 Å². The molecule has 2 aliphatic rings. The van der Waals surface area contributed by atoms with E-state index in [2.05, 4.69) is 15.3 Å². The van der Waals surface area contributed by atoms with Crippen molar-refractivity contribution in [2.75, 3.05) is 31.1 Å². The number of rotatable bonds is 5. The minimum atomic E-state index is -2.60. The second-order valence-electron chi connectivity index (χ2n) is 8.43. The maximum absolute atomic E-state index is 14.2. The molecule has 2 aromatic heterocycles. The van der Waals surface area contributed by atoms with Crippen molar-refractivity contribution in [3.63, 3.8) is 0 Å². The Kier molecular flexibility index (Phi) is 6.24. The quantitative estimate of drug-likeness (QED) is 0.523. The van der Waals surface area contributed by atoms with Gasteiger partial charge in [0.2, 0.25) is 0 Å². The third-order valence-electron chi connectivity index (χ3n) is 6.32. The van der Waals surface area contributed by atoms with Crippen LogP contribution in [0.15, 0.2) is 42.6 Å². The van der Waals surface area contributed by atoms with Crippen molar-refractivity contribution >= 4 is 34.0 Å². The van der Waals surface area contributed by atoms with Crippen LogP contribution in [0.1, 0.15) is 53.4 Å². The molecule has 5 rings (SSSR count). The van der Waals surface area contributed by atoms with Gasteiger partial charge in [0.1, 0.15) is 5.52 Å². The molecule has 6 nitrogen and oxygen atoms in total. The van der Waals surface area contributed by atoms with Crippen LogP contribution >= 0.6 is 0 Å². The summed E-state index contributed by atoms with van der Waals surface area (Å²) in [5, 5.41) is 3.98. The zero-order chi connectivity index (χ0) is 23.7. The fraction of sp³-hybridized carbons (Fsp3) is 0.346. The molecule has 0 radical (unpaired) electrons. The summed E-state index contributed by atoms with van der Waals surface area (Å²) in [7, 11) is 0. The molecule has 0 aliphatic carbocycles. The summed E-state index contributed by atoms with van der Waals surface area (Å²) in [4.78, 5) is 23.5. The van der Waals surface area contributed by atoms with Crippen LogP contribution in [0.25, 0.3) is 16.5 Å². The number of nitrogens with one attached hydrogen (secondary N) is 1. The highest BCUT2D eigenvalue weighted by Gasteiger charge is 2.28. The molecular formula is C26H26F2N4O2. The van der Waals surface area contributed by atoms with Crippen LogP contribution in [0.2, 0.25) is 0 Å². The Hall–Kier alpha value is -3.39. The first-order chi connectivity index (χ1) is 16.6. The number of nitrogens with zero attached hydrogens (tertiary/aromatic N) is 3. The average Bonchev–Trinajstić information content (AvgIpc) is 2.87. The molecule has 0 amide bonds. The lowest BCUT2D eigenvalue weighted by molar-refractivity contribution is 0.0520. The molecule has 4 heterocycles. The Morgan fingerprint density at radius 3 is 2.91 bits per heavy atom. The maximum atomic E-state index is 14.2. The number of pyridine rings is 2. The lowest BCUT2D eigenvalue weighted by atomic mass is 9.89. The predicted molar refractivity (Wildman–Crippen MR) is 128 cm³/mol. The molecule has 34 heavy (non-hydrogen) atoms. The van der Waals surface area contributed by atoms with Gasteiger partial charge in [0.05, 0.1) is 6.61 Å². The number of carbonyl (C=O) groups is 1. The SMILES string of the molecule is CCOC(=O)c1cc2cccnc2c(N2CCCc3cc(C4=CCNCC4)c(C(F)F)cc32)n1. The van der Waals surface area contributed by atoms with Gasteiger partial charge in [-0.25, -0.2) is 18.6 Å². The van der Waals surface area contributed by atoms with Crippen molar-refractivity contribution in [3.8, 4) is 0 Å². The Morgan fingerprint density at radius 1 is 1.26 bits per heavy atom. The van der Waals surface area contributed by atoms with Gasteiger partial charge in [-0.2, -0.15) is 0 Å². The van der Waals surface area contributed by atoms with E-state index in [1.165, 1.54) is 0 Å². The van der Waals surface area contributed by atoms with Crippen molar-refractivity contribution in [2.45, 2.75) is 32.6 Å². The van der Waals surface area contributed by atoms with Crippen LogP contribution in [0, 0.1) is 0 Å². The summed E-state index contributed by atoms with van der Waals surface area (Å²) in [6.07, 6.45) is 3.41. The van der Waals surface area contributed by atoms with Crippen LogP contribution in [0.3, 0.4) is 0 Å². The van der Waals surface area contributed by atoms with Crippen molar-refractivity contribution in [2.24, 2.45) is 0 Å². The van der Waals surface area contributed by atoms with Gasteiger partial charge in [-0.3, -0.25) is 4.98 Å². The number of hydrogen-bond acceptors (Lipinski definition) is 6. The molecule has 1 aromatic carbocycles. The minimum absolute atomic E-state index is 0.0256. The average molecular weight is 465 g/mol. The second kappa shape index (κ2) is 9.46. The van der Waals surface area contributed by atoms with E-state index in [4.69, 9.17) is 4.74 Å². The summed E-state index contributed by atoms with van der Waals surface area (Å²) < 4.78 is 33.6. The van der Waals surface area contributed by atoms with Crippen LogP contribution in [0.4, 0.5) is 20.3 Å². The summed E-state index contributed by atoms with van der Waals surface area (Å²) >= 11 is 0. The van der Waals surface area contributed by atoms with Gasteiger partial charge in [0.15, 0.2) is 11.5 Å². The first-order valence-corrected chi connectivity index (χ1v) is 11.6. The maximum Gasteiger partial charge on any atom is 0.357 e.